The fraction of sp³-hybridized carbons (Fsp3) is 0.333. The summed E-state index contributed by atoms with van der Waals surface area (Å²) in [7, 11) is 0. The van der Waals surface area contributed by atoms with E-state index in [0.29, 0.717) is 24.2 Å². The Morgan fingerprint density at radius 2 is 2.18 bits per heavy atom. The molecule has 0 radical (unpaired) electrons. The molecule has 0 spiro atoms. The van der Waals surface area contributed by atoms with Crippen LogP contribution in [-0.4, -0.2) is 29.7 Å². The second kappa shape index (κ2) is 6.48. The lowest BCUT2D eigenvalue weighted by molar-refractivity contribution is -0.117. The molecule has 2 atom stereocenters. The number of carbonyl (C=O) groups is 1. The van der Waals surface area contributed by atoms with E-state index in [-0.39, 0.29) is 18.3 Å². The summed E-state index contributed by atoms with van der Waals surface area (Å²) in [6.45, 7) is 2.26. The minimum atomic E-state index is -0.488. The van der Waals surface area contributed by atoms with Gasteiger partial charge in [0, 0.05) is 29.8 Å². The molecule has 118 valence electrons. The van der Waals surface area contributed by atoms with E-state index in [0.717, 1.165) is 10.9 Å². The molecule has 2 unspecified atom stereocenters. The van der Waals surface area contributed by atoms with Crippen molar-refractivity contribution in [3.63, 3.8) is 0 Å². The van der Waals surface area contributed by atoms with Crippen LogP contribution in [0.2, 0.25) is 0 Å². The van der Waals surface area contributed by atoms with Crippen LogP contribution in [0.1, 0.15) is 12.0 Å². The van der Waals surface area contributed by atoms with Crippen LogP contribution in [-0.2, 0) is 4.79 Å². The maximum absolute atomic E-state index is 12.1. The molecule has 3 rings (SSSR count). The summed E-state index contributed by atoms with van der Waals surface area (Å²) < 4.78 is 5.14. The van der Waals surface area contributed by atoms with Gasteiger partial charge in [-0.1, -0.05) is 0 Å². The van der Waals surface area contributed by atoms with Gasteiger partial charge < -0.3 is 20.2 Å². The number of hydrogen-bond acceptors (Lipinski definition) is 5. The van der Waals surface area contributed by atoms with Gasteiger partial charge in [-0.3, -0.25) is 4.79 Å². The number of rotatable bonds is 2. The molecule has 7 heteroatoms. The highest BCUT2D eigenvalue weighted by Gasteiger charge is 2.28. The fourth-order valence-corrected chi connectivity index (χ4v) is 2.55. The molecule has 6 nitrogen and oxygen atoms in total. The highest BCUT2D eigenvalue weighted by Crippen LogP contribution is 2.21. The molecule has 1 fully saturated rings. The monoisotopic (exact) mass is 324 g/mol. The number of anilines is 1. The first kappa shape index (κ1) is 16.5. The summed E-state index contributed by atoms with van der Waals surface area (Å²) in [6, 6.07) is 6.23. The second-order valence-corrected chi connectivity index (χ2v) is 5.30. The maximum Gasteiger partial charge on any atom is 0.336 e. The Hall–Kier alpha value is -1.89. The van der Waals surface area contributed by atoms with E-state index in [9.17, 15) is 14.7 Å². The average molecular weight is 325 g/mol. The summed E-state index contributed by atoms with van der Waals surface area (Å²) in [4.78, 5) is 23.4. The molecule has 1 aromatic carbocycles. The summed E-state index contributed by atoms with van der Waals surface area (Å²) in [5.74, 6) is -0.207. The molecule has 1 aliphatic rings. The summed E-state index contributed by atoms with van der Waals surface area (Å²) in [5.41, 5.74) is 1.42. The van der Waals surface area contributed by atoms with Crippen molar-refractivity contribution < 1.29 is 14.3 Å². The van der Waals surface area contributed by atoms with Gasteiger partial charge in [-0.05, 0) is 31.0 Å². The van der Waals surface area contributed by atoms with Crippen LogP contribution in [0.5, 0.6) is 0 Å². The van der Waals surface area contributed by atoms with E-state index >= 15 is 0 Å². The lowest BCUT2D eigenvalue weighted by Gasteiger charge is -2.11. The lowest BCUT2D eigenvalue weighted by Crippen LogP contribution is -2.35. The predicted octanol–water partition coefficient (Wildman–Crippen LogP) is 1.18. The third kappa shape index (κ3) is 3.30. The number of aliphatic hydroxyl groups is 1. The van der Waals surface area contributed by atoms with Gasteiger partial charge in [-0.25, -0.2) is 4.79 Å². The molecule has 1 amide bonds. The van der Waals surface area contributed by atoms with Crippen molar-refractivity contribution in [2.75, 3.05) is 11.9 Å². The Bertz CT molecular complexity index is 759. The van der Waals surface area contributed by atoms with Crippen molar-refractivity contribution >= 4 is 35.0 Å². The molecule has 2 aromatic rings. The van der Waals surface area contributed by atoms with Gasteiger partial charge in [0.25, 0.3) is 0 Å². The highest BCUT2D eigenvalue weighted by atomic mass is 35.5. The topological polar surface area (TPSA) is 91.6 Å². The Kier molecular flexibility index (Phi) is 4.85. The average Bonchev–Trinajstić information content (AvgIpc) is 2.85. The largest absolute Gasteiger partial charge is 0.423 e. The van der Waals surface area contributed by atoms with Gasteiger partial charge in [0.15, 0.2) is 0 Å². The molecule has 1 saturated heterocycles. The first-order chi connectivity index (χ1) is 10.0. The van der Waals surface area contributed by atoms with Crippen LogP contribution in [0, 0.1) is 6.92 Å². The van der Waals surface area contributed by atoms with Gasteiger partial charge in [0.2, 0.25) is 5.91 Å². The van der Waals surface area contributed by atoms with Crippen LogP contribution in [0.4, 0.5) is 5.69 Å². The molecular formula is C15H17ClN2O4. The maximum atomic E-state index is 12.1. The number of halogens is 1. The number of aryl methyl sites for hydroxylation is 1. The van der Waals surface area contributed by atoms with Gasteiger partial charge >= 0.3 is 5.63 Å². The summed E-state index contributed by atoms with van der Waals surface area (Å²) in [6.07, 6.45) is -0.0915. The first-order valence-corrected chi connectivity index (χ1v) is 6.80. The molecule has 2 heterocycles. The number of fused-ring (bicyclic) bond motifs is 1. The van der Waals surface area contributed by atoms with Gasteiger partial charge in [0.1, 0.15) is 5.58 Å². The van der Waals surface area contributed by atoms with E-state index < -0.39 is 17.8 Å². The molecule has 3 N–H and O–H groups in total. The minimum Gasteiger partial charge on any atom is -0.423 e. The number of nitrogens with one attached hydrogen (secondary N) is 2. The number of aliphatic hydroxyl groups excluding tert-OH is 1. The number of β-amino-alcohol motifs (C(OH)–C–C–N with tert-alkyl or cyclic N) is 1. The first-order valence-electron chi connectivity index (χ1n) is 6.80. The normalized spacial score (nSPS) is 20.6. The number of amides is 1. The van der Waals surface area contributed by atoms with Crippen molar-refractivity contribution in [3.8, 4) is 0 Å². The Morgan fingerprint density at radius 3 is 2.86 bits per heavy atom. The van der Waals surface area contributed by atoms with Crippen molar-refractivity contribution in [2.24, 2.45) is 0 Å². The number of hydrogen-bond donors (Lipinski definition) is 3. The lowest BCUT2D eigenvalue weighted by atomic mass is 10.1. The van der Waals surface area contributed by atoms with Crippen LogP contribution in [0.3, 0.4) is 0 Å². The van der Waals surface area contributed by atoms with Crippen molar-refractivity contribution in [1.29, 1.82) is 0 Å². The van der Waals surface area contributed by atoms with Crippen molar-refractivity contribution in [3.05, 3.63) is 40.2 Å². The van der Waals surface area contributed by atoms with E-state index in [4.69, 9.17) is 4.42 Å². The third-order valence-electron chi connectivity index (χ3n) is 3.64. The third-order valence-corrected chi connectivity index (χ3v) is 3.64. The summed E-state index contributed by atoms with van der Waals surface area (Å²) in [5, 5.41) is 16.0. The van der Waals surface area contributed by atoms with E-state index in [1.54, 1.807) is 18.2 Å². The Morgan fingerprint density at radius 1 is 1.41 bits per heavy atom. The predicted molar refractivity (Wildman–Crippen MR) is 85.5 cm³/mol. The van der Waals surface area contributed by atoms with Crippen LogP contribution >= 0.6 is 12.4 Å². The van der Waals surface area contributed by atoms with Gasteiger partial charge in [-0.2, -0.15) is 0 Å². The number of carbonyl (C=O) groups excluding carboxylic acids is 1. The smallest absolute Gasteiger partial charge is 0.336 e. The molecule has 22 heavy (non-hydrogen) atoms. The van der Waals surface area contributed by atoms with Crippen LogP contribution < -0.4 is 16.3 Å². The molecule has 1 aromatic heterocycles. The SMILES string of the molecule is Cc1cc(=O)oc2cc(NC(=O)C3CC(O)CN3)ccc12.Cl. The molecule has 0 aliphatic carbocycles. The standard InChI is InChI=1S/C15H16N2O4.ClH/c1-8-4-14(19)21-13-5-9(2-3-11(8)13)17-15(20)12-6-10(18)7-16-12;/h2-5,10,12,16,18H,6-7H2,1H3,(H,17,20);1H. The molecule has 1 aliphatic heterocycles. The molecule has 0 saturated carbocycles. The fourth-order valence-electron chi connectivity index (χ4n) is 2.55. The van der Waals surface area contributed by atoms with Crippen molar-refractivity contribution in [1.82, 2.24) is 5.32 Å². The molecule has 0 bridgehead atoms. The van der Waals surface area contributed by atoms with E-state index in [2.05, 4.69) is 10.6 Å². The van der Waals surface area contributed by atoms with Crippen molar-refractivity contribution in [2.45, 2.75) is 25.5 Å². The quantitative estimate of drug-likeness (QED) is 0.722. The van der Waals surface area contributed by atoms with Gasteiger partial charge in [0.05, 0.1) is 12.1 Å². The zero-order valence-corrected chi connectivity index (χ0v) is 12.8. The zero-order chi connectivity index (χ0) is 15.0. The summed E-state index contributed by atoms with van der Waals surface area (Å²) >= 11 is 0. The minimum absolute atomic E-state index is 0. The van der Waals surface area contributed by atoms with E-state index in [1.165, 1.54) is 6.07 Å². The second-order valence-electron chi connectivity index (χ2n) is 5.30. The highest BCUT2D eigenvalue weighted by molar-refractivity contribution is 5.97. The van der Waals surface area contributed by atoms with Crippen LogP contribution in [0.25, 0.3) is 11.0 Å². The molecular weight excluding hydrogens is 308 g/mol. The van der Waals surface area contributed by atoms with Gasteiger partial charge in [-0.15, -0.1) is 12.4 Å². The zero-order valence-electron chi connectivity index (χ0n) is 12.0. The number of benzene rings is 1. The Labute approximate surface area is 132 Å². The van der Waals surface area contributed by atoms with E-state index in [1.807, 2.05) is 6.92 Å². The Balaban J connectivity index is 0.00000176. The van der Waals surface area contributed by atoms with Crippen LogP contribution in [0.15, 0.2) is 33.5 Å².